The van der Waals surface area contributed by atoms with Crippen LogP contribution >= 0.6 is 0 Å². The molecule has 0 aromatic carbocycles. The fourth-order valence-corrected chi connectivity index (χ4v) is 3.06. The van der Waals surface area contributed by atoms with Gasteiger partial charge in [0.25, 0.3) is 17.0 Å². The zero-order chi connectivity index (χ0) is 16.0. The van der Waals surface area contributed by atoms with Crippen LogP contribution in [0.15, 0.2) is 27.9 Å². The van der Waals surface area contributed by atoms with Crippen molar-refractivity contribution in [2.45, 2.75) is 25.7 Å². The van der Waals surface area contributed by atoms with Crippen LogP contribution in [-0.4, -0.2) is 25.5 Å². The molecule has 1 aliphatic carbocycles. The molecule has 3 aromatic heterocycles. The molecular formula is C15H15N5O3. The Balaban J connectivity index is 1.88. The van der Waals surface area contributed by atoms with Crippen molar-refractivity contribution in [3.63, 3.8) is 0 Å². The van der Waals surface area contributed by atoms with E-state index in [0.717, 1.165) is 29.5 Å². The van der Waals surface area contributed by atoms with Crippen molar-refractivity contribution in [1.82, 2.24) is 19.6 Å². The molecule has 118 valence electrons. The molecule has 0 aliphatic heterocycles. The molecule has 3 aromatic rings. The maximum absolute atomic E-state index is 12.5. The summed E-state index contributed by atoms with van der Waals surface area (Å²) in [6.45, 7) is 0. The Kier molecular flexibility index (Phi) is 2.97. The molecule has 23 heavy (non-hydrogen) atoms. The number of aromatic amines is 3. The van der Waals surface area contributed by atoms with Gasteiger partial charge in [-0.05, 0) is 37.8 Å². The molecule has 0 saturated heterocycles. The molecule has 1 aliphatic rings. The molecule has 0 spiro atoms. The summed E-state index contributed by atoms with van der Waals surface area (Å²) >= 11 is 0. The second-order valence-electron chi connectivity index (χ2n) is 5.63. The van der Waals surface area contributed by atoms with E-state index in [0.29, 0.717) is 17.8 Å². The monoisotopic (exact) mass is 313 g/mol. The first-order valence-electron chi connectivity index (χ1n) is 7.48. The van der Waals surface area contributed by atoms with Crippen LogP contribution in [0.25, 0.3) is 5.65 Å². The van der Waals surface area contributed by atoms with E-state index >= 15 is 0 Å². The topological polar surface area (TPSA) is 115 Å². The van der Waals surface area contributed by atoms with Crippen molar-refractivity contribution in [3.05, 3.63) is 55.9 Å². The second kappa shape index (κ2) is 5.01. The molecule has 0 bridgehead atoms. The Labute approximate surface area is 129 Å². The zero-order valence-electron chi connectivity index (χ0n) is 12.2. The van der Waals surface area contributed by atoms with E-state index in [-0.39, 0.29) is 16.8 Å². The van der Waals surface area contributed by atoms with E-state index in [9.17, 15) is 14.4 Å². The summed E-state index contributed by atoms with van der Waals surface area (Å²) in [5.74, 6) is -0.0864. The summed E-state index contributed by atoms with van der Waals surface area (Å²) in [6.07, 6.45) is 5.03. The fraction of sp³-hybridized carbons (Fsp3) is 0.267. The Morgan fingerprint density at radius 3 is 2.83 bits per heavy atom. The van der Waals surface area contributed by atoms with Crippen LogP contribution in [0.3, 0.4) is 0 Å². The van der Waals surface area contributed by atoms with E-state index < -0.39 is 11.5 Å². The first-order valence-corrected chi connectivity index (χ1v) is 7.48. The van der Waals surface area contributed by atoms with E-state index in [1.807, 2.05) is 0 Å². The van der Waals surface area contributed by atoms with Crippen molar-refractivity contribution in [2.75, 3.05) is 5.32 Å². The Morgan fingerprint density at radius 2 is 2.04 bits per heavy atom. The number of H-pyrrole nitrogens is 3. The number of hydrogen-bond donors (Lipinski definition) is 4. The SMILES string of the molecule is O=C(Nc1ccc[nH]1)c1c(=O)[nH]n2c(=O)c3c([nH]c12)CCCC3. The maximum Gasteiger partial charge on any atom is 0.279 e. The molecule has 4 rings (SSSR count). The molecule has 4 N–H and O–H groups in total. The van der Waals surface area contributed by atoms with Gasteiger partial charge in [-0.15, -0.1) is 0 Å². The van der Waals surface area contributed by atoms with E-state index in [4.69, 9.17) is 0 Å². The number of amides is 1. The maximum atomic E-state index is 12.5. The minimum atomic E-state index is -0.593. The van der Waals surface area contributed by atoms with Crippen LogP contribution < -0.4 is 16.4 Å². The van der Waals surface area contributed by atoms with Crippen molar-refractivity contribution in [2.24, 2.45) is 0 Å². The van der Waals surface area contributed by atoms with E-state index in [2.05, 4.69) is 20.4 Å². The average Bonchev–Trinajstić information content (AvgIpc) is 3.15. The van der Waals surface area contributed by atoms with Crippen LogP contribution in [0.1, 0.15) is 34.5 Å². The minimum absolute atomic E-state index is 0.0925. The van der Waals surface area contributed by atoms with Gasteiger partial charge >= 0.3 is 0 Å². The fourth-order valence-electron chi connectivity index (χ4n) is 3.06. The molecule has 1 amide bonds. The number of carbonyl (C=O) groups is 1. The number of nitrogens with one attached hydrogen (secondary N) is 4. The summed E-state index contributed by atoms with van der Waals surface area (Å²) < 4.78 is 1.14. The Bertz CT molecular complexity index is 1010. The number of fused-ring (bicyclic) bond motifs is 2. The highest BCUT2D eigenvalue weighted by Crippen LogP contribution is 2.17. The third kappa shape index (κ3) is 2.10. The smallest absolute Gasteiger partial charge is 0.279 e. The second-order valence-corrected chi connectivity index (χ2v) is 5.63. The van der Waals surface area contributed by atoms with E-state index in [1.165, 1.54) is 0 Å². The van der Waals surface area contributed by atoms with Crippen molar-refractivity contribution in [3.8, 4) is 0 Å². The van der Waals surface area contributed by atoms with Crippen LogP contribution in [0.4, 0.5) is 5.82 Å². The summed E-state index contributed by atoms with van der Waals surface area (Å²) in [5.41, 5.74) is 0.768. The standard InChI is InChI=1S/C15H15N5O3/c21-13(18-10-6-3-7-16-10)11-12-17-9-5-2-1-4-8(9)15(23)20(12)19-14(11)22/h3,6-7,16-17H,1-2,4-5H2,(H,18,21)(H,19,22). The summed E-state index contributed by atoms with van der Waals surface area (Å²) in [4.78, 5) is 43.0. The Morgan fingerprint density at radius 1 is 1.22 bits per heavy atom. The van der Waals surface area contributed by atoms with Gasteiger partial charge in [-0.3, -0.25) is 19.5 Å². The predicted octanol–water partition coefficient (Wildman–Crippen LogP) is 0.775. The summed E-state index contributed by atoms with van der Waals surface area (Å²) in [7, 11) is 0. The molecule has 0 unspecified atom stereocenters. The third-order valence-corrected chi connectivity index (χ3v) is 4.17. The lowest BCUT2D eigenvalue weighted by atomic mass is 9.97. The predicted molar refractivity (Wildman–Crippen MR) is 84.0 cm³/mol. The number of hydrogen-bond acceptors (Lipinski definition) is 3. The lowest BCUT2D eigenvalue weighted by Crippen LogP contribution is -2.25. The first-order chi connectivity index (χ1) is 11.1. The molecule has 3 heterocycles. The van der Waals surface area contributed by atoms with Gasteiger partial charge < -0.3 is 15.3 Å². The number of aryl methyl sites for hydroxylation is 1. The summed E-state index contributed by atoms with van der Waals surface area (Å²) in [6, 6.07) is 3.41. The van der Waals surface area contributed by atoms with Gasteiger partial charge in [-0.2, -0.15) is 4.52 Å². The molecule has 0 radical (unpaired) electrons. The number of anilines is 1. The normalized spacial score (nSPS) is 13.9. The molecular weight excluding hydrogens is 298 g/mol. The van der Waals surface area contributed by atoms with Gasteiger partial charge in [-0.1, -0.05) is 0 Å². The molecule has 8 heteroatoms. The molecule has 0 saturated carbocycles. The number of carbonyl (C=O) groups excluding carboxylic acids is 1. The number of aromatic nitrogens is 4. The van der Waals surface area contributed by atoms with Crippen LogP contribution in [0.5, 0.6) is 0 Å². The van der Waals surface area contributed by atoms with Crippen molar-refractivity contribution in [1.29, 1.82) is 0 Å². The average molecular weight is 313 g/mol. The minimum Gasteiger partial charge on any atom is -0.348 e. The van der Waals surface area contributed by atoms with Gasteiger partial charge in [0.15, 0.2) is 5.65 Å². The quantitative estimate of drug-likeness (QED) is 0.560. The van der Waals surface area contributed by atoms with Crippen molar-refractivity contribution < 1.29 is 4.79 Å². The third-order valence-electron chi connectivity index (χ3n) is 4.17. The van der Waals surface area contributed by atoms with Gasteiger partial charge in [0.05, 0.1) is 0 Å². The Hall–Kier alpha value is -3.03. The van der Waals surface area contributed by atoms with Gasteiger partial charge in [0.1, 0.15) is 11.4 Å². The lowest BCUT2D eigenvalue weighted by Gasteiger charge is -2.15. The van der Waals surface area contributed by atoms with E-state index in [1.54, 1.807) is 18.3 Å². The summed E-state index contributed by atoms with van der Waals surface area (Å²) in [5, 5.41) is 5.06. The van der Waals surface area contributed by atoms with Crippen LogP contribution in [-0.2, 0) is 12.8 Å². The van der Waals surface area contributed by atoms with Gasteiger partial charge in [-0.25, -0.2) is 0 Å². The van der Waals surface area contributed by atoms with Gasteiger partial charge in [0, 0.05) is 17.5 Å². The van der Waals surface area contributed by atoms with Crippen LogP contribution in [0.2, 0.25) is 0 Å². The van der Waals surface area contributed by atoms with Gasteiger partial charge in [0.2, 0.25) is 0 Å². The van der Waals surface area contributed by atoms with Crippen molar-refractivity contribution >= 4 is 17.4 Å². The first kappa shape index (κ1) is 13.6. The number of nitrogens with zero attached hydrogens (tertiary/aromatic N) is 1. The lowest BCUT2D eigenvalue weighted by molar-refractivity contribution is 0.102. The number of rotatable bonds is 2. The van der Waals surface area contributed by atoms with Crippen LogP contribution in [0, 0.1) is 0 Å². The molecule has 8 nitrogen and oxygen atoms in total. The zero-order valence-corrected chi connectivity index (χ0v) is 12.2. The highest BCUT2D eigenvalue weighted by molar-refractivity contribution is 6.07. The highest BCUT2D eigenvalue weighted by atomic mass is 16.2. The highest BCUT2D eigenvalue weighted by Gasteiger charge is 2.23. The molecule has 0 atom stereocenters. The molecule has 0 fully saturated rings. The largest absolute Gasteiger partial charge is 0.348 e.